The lowest BCUT2D eigenvalue weighted by molar-refractivity contribution is -0.384. The van der Waals surface area contributed by atoms with Crippen LogP contribution >= 0.6 is 11.8 Å². The quantitative estimate of drug-likeness (QED) is 0.683. The molecule has 0 saturated carbocycles. The van der Waals surface area contributed by atoms with Crippen molar-refractivity contribution in [2.45, 2.75) is 25.3 Å². The van der Waals surface area contributed by atoms with E-state index in [1.54, 1.807) is 24.8 Å². The van der Waals surface area contributed by atoms with Crippen LogP contribution in [0.1, 0.15) is 28.8 Å². The van der Waals surface area contributed by atoms with Gasteiger partial charge in [0, 0.05) is 17.7 Å². The SMILES string of the molecule is Cc1ccc([N+](=O)[O-])cc1C(=O)NC1(C#N)CCSCC1. The molecule has 1 aromatic rings. The van der Waals surface area contributed by atoms with E-state index in [2.05, 4.69) is 11.4 Å². The summed E-state index contributed by atoms with van der Waals surface area (Å²) in [5, 5.41) is 23.0. The number of nitrogens with one attached hydrogen (secondary N) is 1. The van der Waals surface area contributed by atoms with E-state index < -0.39 is 16.4 Å². The lowest BCUT2D eigenvalue weighted by Crippen LogP contribution is -2.49. The third kappa shape index (κ3) is 3.34. The van der Waals surface area contributed by atoms with E-state index in [1.807, 2.05) is 0 Å². The zero-order chi connectivity index (χ0) is 15.5. The van der Waals surface area contributed by atoms with Crippen molar-refractivity contribution in [2.24, 2.45) is 0 Å². The van der Waals surface area contributed by atoms with Crippen molar-refractivity contribution in [3.63, 3.8) is 0 Å². The summed E-state index contributed by atoms with van der Waals surface area (Å²) in [6, 6.07) is 6.36. The van der Waals surface area contributed by atoms with Gasteiger partial charge in [-0.2, -0.15) is 17.0 Å². The van der Waals surface area contributed by atoms with Crippen molar-refractivity contribution in [3.05, 3.63) is 39.4 Å². The Hall–Kier alpha value is -2.07. The van der Waals surface area contributed by atoms with Gasteiger partial charge in [-0.05, 0) is 36.8 Å². The molecule has 7 heteroatoms. The third-order valence-corrected chi connectivity index (χ3v) is 4.58. The highest BCUT2D eigenvalue weighted by molar-refractivity contribution is 7.99. The molecule has 1 aliphatic heterocycles. The largest absolute Gasteiger partial charge is 0.334 e. The molecule has 0 spiro atoms. The van der Waals surface area contributed by atoms with E-state index in [4.69, 9.17) is 0 Å². The van der Waals surface area contributed by atoms with Crippen molar-refractivity contribution in [3.8, 4) is 6.07 Å². The maximum Gasteiger partial charge on any atom is 0.270 e. The van der Waals surface area contributed by atoms with Crippen molar-refractivity contribution in [1.29, 1.82) is 5.26 Å². The topological polar surface area (TPSA) is 96.0 Å². The van der Waals surface area contributed by atoms with Crippen LogP contribution in [0.5, 0.6) is 0 Å². The van der Waals surface area contributed by atoms with E-state index in [-0.39, 0.29) is 11.3 Å². The van der Waals surface area contributed by atoms with Crippen LogP contribution in [0.25, 0.3) is 0 Å². The monoisotopic (exact) mass is 305 g/mol. The number of nitriles is 1. The number of hydrogen-bond acceptors (Lipinski definition) is 5. The minimum atomic E-state index is -0.862. The molecule has 0 bridgehead atoms. The summed E-state index contributed by atoms with van der Waals surface area (Å²) in [5.74, 6) is 1.22. The van der Waals surface area contributed by atoms with Gasteiger partial charge in [0.25, 0.3) is 11.6 Å². The number of hydrogen-bond donors (Lipinski definition) is 1. The number of nitro benzene ring substituents is 1. The maximum absolute atomic E-state index is 12.4. The molecule has 0 aromatic heterocycles. The molecule has 110 valence electrons. The van der Waals surface area contributed by atoms with Crippen LogP contribution in [0.4, 0.5) is 5.69 Å². The van der Waals surface area contributed by atoms with Gasteiger partial charge in [-0.25, -0.2) is 0 Å². The Kier molecular flexibility index (Phi) is 4.48. The molecular formula is C14H15N3O3S. The molecule has 1 N–H and O–H groups in total. The highest BCUT2D eigenvalue weighted by Gasteiger charge is 2.34. The minimum absolute atomic E-state index is 0.129. The van der Waals surface area contributed by atoms with E-state index in [9.17, 15) is 20.2 Å². The highest BCUT2D eigenvalue weighted by Crippen LogP contribution is 2.27. The Morgan fingerprint density at radius 3 is 2.71 bits per heavy atom. The van der Waals surface area contributed by atoms with Gasteiger partial charge in [0.15, 0.2) is 0 Å². The fourth-order valence-corrected chi connectivity index (χ4v) is 3.43. The Labute approximate surface area is 126 Å². The number of non-ortho nitro benzene ring substituents is 1. The van der Waals surface area contributed by atoms with E-state index >= 15 is 0 Å². The van der Waals surface area contributed by atoms with Crippen LogP contribution in [0.3, 0.4) is 0 Å². The van der Waals surface area contributed by atoms with Crippen LogP contribution < -0.4 is 5.32 Å². The molecule has 2 rings (SSSR count). The number of thioether (sulfide) groups is 1. The number of nitro groups is 1. The zero-order valence-electron chi connectivity index (χ0n) is 11.6. The van der Waals surface area contributed by atoms with Crippen LogP contribution in [-0.4, -0.2) is 27.9 Å². The second-order valence-electron chi connectivity index (χ2n) is 5.02. The van der Waals surface area contributed by atoms with Crippen LogP contribution in [0.2, 0.25) is 0 Å². The predicted molar refractivity (Wildman–Crippen MR) is 80.2 cm³/mol. The van der Waals surface area contributed by atoms with Gasteiger partial charge >= 0.3 is 0 Å². The third-order valence-electron chi connectivity index (χ3n) is 3.59. The van der Waals surface area contributed by atoms with Crippen molar-refractivity contribution in [2.75, 3.05) is 11.5 Å². The van der Waals surface area contributed by atoms with Gasteiger partial charge in [0.1, 0.15) is 5.54 Å². The normalized spacial score (nSPS) is 16.8. The first-order chi connectivity index (χ1) is 9.97. The number of carbonyl (C=O) groups is 1. The number of benzene rings is 1. The fraction of sp³-hybridized carbons (Fsp3) is 0.429. The molecule has 1 fully saturated rings. The standard InChI is InChI=1S/C14H15N3O3S/c1-10-2-3-11(17(19)20)8-12(10)13(18)16-14(9-15)4-6-21-7-5-14/h2-3,8H,4-7H2,1H3,(H,16,18). The molecular weight excluding hydrogens is 290 g/mol. The Morgan fingerprint density at radius 1 is 1.48 bits per heavy atom. The number of rotatable bonds is 3. The summed E-state index contributed by atoms with van der Waals surface area (Å²) in [7, 11) is 0. The van der Waals surface area contributed by atoms with Crippen LogP contribution in [0.15, 0.2) is 18.2 Å². The summed E-state index contributed by atoms with van der Waals surface area (Å²) in [5.41, 5.74) is -0.0938. The van der Waals surface area contributed by atoms with Crippen molar-refractivity contribution in [1.82, 2.24) is 5.32 Å². The summed E-state index contributed by atoms with van der Waals surface area (Å²) in [4.78, 5) is 22.7. The van der Waals surface area contributed by atoms with Gasteiger partial charge in [-0.3, -0.25) is 14.9 Å². The Morgan fingerprint density at radius 2 is 2.14 bits per heavy atom. The molecule has 0 unspecified atom stereocenters. The number of amides is 1. The lowest BCUT2D eigenvalue weighted by atomic mass is 9.93. The van der Waals surface area contributed by atoms with Crippen molar-refractivity contribution >= 4 is 23.4 Å². The molecule has 0 radical (unpaired) electrons. The molecule has 0 aliphatic carbocycles. The highest BCUT2D eigenvalue weighted by atomic mass is 32.2. The van der Waals surface area contributed by atoms with Gasteiger partial charge in [-0.1, -0.05) is 6.07 Å². The van der Waals surface area contributed by atoms with Gasteiger partial charge in [0.05, 0.1) is 11.0 Å². The first-order valence-electron chi connectivity index (χ1n) is 6.54. The zero-order valence-corrected chi connectivity index (χ0v) is 12.4. The van der Waals surface area contributed by atoms with E-state index in [0.29, 0.717) is 18.4 Å². The minimum Gasteiger partial charge on any atom is -0.334 e. The van der Waals surface area contributed by atoms with Gasteiger partial charge in [0.2, 0.25) is 0 Å². The maximum atomic E-state index is 12.4. The number of aryl methyl sites for hydroxylation is 1. The molecule has 6 nitrogen and oxygen atoms in total. The summed E-state index contributed by atoms with van der Waals surface area (Å²) < 4.78 is 0. The second kappa shape index (κ2) is 6.14. The van der Waals surface area contributed by atoms with Crippen molar-refractivity contribution < 1.29 is 9.72 Å². The van der Waals surface area contributed by atoms with E-state index in [1.165, 1.54) is 12.1 Å². The second-order valence-corrected chi connectivity index (χ2v) is 6.24. The van der Waals surface area contributed by atoms with Gasteiger partial charge < -0.3 is 5.32 Å². The van der Waals surface area contributed by atoms with Gasteiger partial charge in [-0.15, -0.1) is 0 Å². The molecule has 0 atom stereocenters. The molecule has 1 saturated heterocycles. The molecule has 1 amide bonds. The summed E-state index contributed by atoms with van der Waals surface area (Å²) in [6.07, 6.45) is 1.18. The average Bonchev–Trinajstić information content (AvgIpc) is 2.48. The number of carbonyl (C=O) groups excluding carboxylic acids is 1. The Balaban J connectivity index is 2.26. The lowest BCUT2D eigenvalue weighted by Gasteiger charge is -2.31. The molecule has 21 heavy (non-hydrogen) atoms. The first-order valence-corrected chi connectivity index (χ1v) is 7.69. The average molecular weight is 305 g/mol. The van der Waals surface area contributed by atoms with Crippen LogP contribution in [0, 0.1) is 28.4 Å². The predicted octanol–water partition coefficient (Wildman–Crippen LogP) is 2.42. The first kappa shape index (κ1) is 15.3. The smallest absolute Gasteiger partial charge is 0.270 e. The Bertz CT molecular complexity index is 618. The number of nitrogens with zero attached hydrogens (tertiary/aromatic N) is 2. The fourth-order valence-electron chi connectivity index (χ4n) is 2.24. The summed E-state index contributed by atoms with van der Waals surface area (Å²) >= 11 is 1.75. The van der Waals surface area contributed by atoms with E-state index in [0.717, 1.165) is 11.5 Å². The van der Waals surface area contributed by atoms with Crippen LogP contribution in [-0.2, 0) is 0 Å². The molecule has 1 heterocycles. The summed E-state index contributed by atoms with van der Waals surface area (Å²) in [6.45, 7) is 1.72. The molecule has 1 aliphatic rings. The molecule has 1 aromatic carbocycles.